The number of halogens is 1. The number of nitrogens with one attached hydrogen (secondary N) is 1. The van der Waals surface area contributed by atoms with Crippen LogP contribution in [-0.4, -0.2) is 17.0 Å². The van der Waals surface area contributed by atoms with Crippen LogP contribution >= 0.6 is 11.6 Å². The van der Waals surface area contributed by atoms with E-state index in [1.54, 1.807) is 18.2 Å². The molecular weight excluding hydrogens is 292 g/mol. The van der Waals surface area contributed by atoms with Crippen LogP contribution in [0.4, 0.5) is 5.69 Å². The van der Waals surface area contributed by atoms with Crippen molar-refractivity contribution in [1.82, 2.24) is 0 Å². The van der Waals surface area contributed by atoms with Crippen LogP contribution in [0.25, 0.3) is 0 Å². The Morgan fingerprint density at radius 2 is 1.95 bits per heavy atom. The first kappa shape index (κ1) is 14.6. The van der Waals surface area contributed by atoms with Gasteiger partial charge >= 0.3 is 5.97 Å². The molecule has 5 nitrogen and oxygen atoms in total. The maximum atomic E-state index is 12.1. The van der Waals surface area contributed by atoms with E-state index < -0.39 is 11.9 Å². The Morgan fingerprint density at radius 1 is 1.19 bits per heavy atom. The Morgan fingerprint density at radius 3 is 2.57 bits per heavy atom. The van der Waals surface area contributed by atoms with Gasteiger partial charge in [-0.15, -0.1) is 0 Å². The van der Waals surface area contributed by atoms with Gasteiger partial charge in [-0.25, -0.2) is 4.79 Å². The maximum absolute atomic E-state index is 12.1. The fourth-order valence-corrected chi connectivity index (χ4v) is 1.91. The minimum Gasteiger partial charge on any atom is -0.478 e. The average Bonchev–Trinajstić information content (AvgIpc) is 2.47. The number of carbonyl (C=O) groups excluding carboxylic acids is 1. The molecule has 0 aliphatic rings. The van der Waals surface area contributed by atoms with Crippen molar-refractivity contribution in [2.75, 3.05) is 5.32 Å². The second-order valence-corrected chi connectivity index (χ2v) is 4.58. The molecule has 104 valence electrons. The Bertz CT molecular complexity index is 766. The number of carboxylic acid groups (broad SMARTS) is 1. The van der Waals surface area contributed by atoms with Crippen molar-refractivity contribution in [2.24, 2.45) is 0 Å². The van der Waals surface area contributed by atoms with Gasteiger partial charge in [0.05, 0.1) is 22.9 Å². The SMILES string of the molecule is N#Cc1ccc(NC(=O)c2cccc(Cl)c2)c(C(=O)O)c1. The van der Waals surface area contributed by atoms with Gasteiger partial charge in [0, 0.05) is 10.6 Å². The molecule has 1 amide bonds. The number of nitrogens with zero attached hydrogens (tertiary/aromatic N) is 1. The molecule has 0 atom stereocenters. The van der Waals surface area contributed by atoms with E-state index in [0.29, 0.717) is 10.6 Å². The number of carbonyl (C=O) groups is 2. The summed E-state index contributed by atoms with van der Waals surface area (Å²) in [5, 5.41) is 20.8. The van der Waals surface area contributed by atoms with Gasteiger partial charge in [-0.2, -0.15) is 5.26 Å². The molecule has 0 spiro atoms. The van der Waals surface area contributed by atoms with Crippen LogP contribution < -0.4 is 5.32 Å². The van der Waals surface area contributed by atoms with E-state index in [-0.39, 0.29) is 16.8 Å². The fourth-order valence-electron chi connectivity index (χ4n) is 1.72. The number of benzene rings is 2. The normalized spacial score (nSPS) is 9.71. The highest BCUT2D eigenvalue weighted by molar-refractivity contribution is 6.31. The summed E-state index contributed by atoms with van der Waals surface area (Å²) in [7, 11) is 0. The summed E-state index contributed by atoms with van der Waals surface area (Å²) in [6.07, 6.45) is 0. The lowest BCUT2D eigenvalue weighted by atomic mass is 10.1. The summed E-state index contributed by atoms with van der Waals surface area (Å²) in [4.78, 5) is 23.2. The second-order valence-electron chi connectivity index (χ2n) is 4.14. The average molecular weight is 301 g/mol. The number of carboxylic acids is 1. The van der Waals surface area contributed by atoms with E-state index in [1.165, 1.54) is 24.3 Å². The number of anilines is 1. The predicted molar refractivity (Wildman–Crippen MR) is 77.5 cm³/mol. The molecule has 0 aliphatic carbocycles. The van der Waals surface area contributed by atoms with Crippen LogP contribution in [0, 0.1) is 11.3 Å². The molecule has 0 unspecified atom stereocenters. The minimum absolute atomic E-state index is 0.117. The molecule has 0 fully saturated rings. The maximum Gasteiger partial charge on any atom is 0.337 e. The van der Waals surface area contributed by atoms with Crippen LogP contribution in [0.5, 0.6) is 0 Å². The smallest absolute Gasteiger partial charge is 0.337 e. The summed E-state index contributed by atoms with van der Waals surface area (Å²) in [6.45, 7) is 0. The number of aromatic carboxylic acids is 1. The lowest BCUT2D eigenvalue weighted by Crippen LogP contribution is -2.15. The van der Waals surface area contributed by atoms with Gasteiger partial charge in [0.15, 0.2) is 0 Å². The third-order valence-electron chi connectivity index (χ3n) is 2.71. The molecule has 2 rings (SSSR count). The predicted octanol–water partition coefficient (Wildman–Crippen LogP) is 3.16. The zero-order chi connectivity index (χ0) is 15.4. The van der Waals surface area contributed by atoms with Crippen molar-refractivity contribution in [3.63, 3.8) is 0 Å². The summed E-state index contributed by atoms with van der Waals surface area (Å²) < 4.78 is 0. The van der Waals surface area contributed by atoms with Crippen LogP contribution in [0.2, 0.25) is 5.02 Å². The topological polar surface area (TPSA) is 90.2 Å². The number of amides is 1. The quantitative estimate of drug-likeness (QED) is 0.911. The van der Waals surface area contributed by atoms with Gasteiger partial charge in [-0.3, -0.25) is 4.79 Å². The molecule has 21 heavy (non-hydrogen) atoms. The van der Waals surface area contributed by atoms with Gasteiger partial charge in [0.1, 0.15) is 0 Å². The van der Waals surface area contributed by atoms with Gasteiger partial charge in [0.2, 0.25) is 0 Å². The number of rotatable bonds is 3. The Hall–Kier alpha value is -2.84. The van der Waals surface area contributed by atoms with Crippen LogP contribution in [0.15, 0.2) is 42.5 Å². The van der Waals surface area contributed by atoms with Gasteiger partial charge in [-0.05, 0) is 36.4 Å². The monoisotopic (exact) mass is 300 g/mol. The first-order valence-corrected chi connectivity index (χ1v) is 6.23. The zero-order valence-corrected chi connectivity index (χ0v) is 11.4. The highest BCUT2D eigenvalue weighted by Gasteiger charge is 2.14. The summed E-state index contributed by atoms with van der Waals surface area (Å²) in [5.74, 6) is -1.71. The summed E-state index contributed by atoms with van der Waals surface area (Å²) in [5.41, 5.74) is 0.479. The standard InChI is InChI=1S/C15H9ClN2O3/c16-11-3-1-2-10(7-11)14(19)18-13-5-4-9(8-17)6-12(13)15(20)21/h1-7H,(H,18,19)(H,20,21). The molecule has 2 aromatic rings. The molecule has 0 radical (unpaired) electrons. The number of hydrogen-bond acceptors (Lipinski definition) is 3. The Kier molecular flexibility index (Phi) is 4.21. The third-order valence-corrected chi connectivity index (χ3v) is 2.95. The van der Waals surface area contributed by atoms with Crippen LogP contribution in [0.1, 0.15) is 26.3 Å². The van der Waals surface area contributed by atoms with Crippen molar-refractivity contribution in [1.29, 1.82) is 5.26 Å². The molecule has 2 aromatic carbocycles. The first-order chi connectivity index (χ1) is 10.0. The Balaban J connectivity index is 2.33. The van der Waals surface area contributed by atoms with Crippen molar-refractivity contribution in [2.45, 2.75) is 0 Å². The Labute approximate surface area is 125 Å². The highest BCUT2D eigenvalue weighted by atomic mass is 35.5. The van der Waals surface area contributed by atoms with E-state index in [2.05, 4.69) is 5.32 Å². The van der Waals surface area contributed by atoms with E-state index in [4.69, 9.17) is 22.0 Å². The molecule has 0 aliphatic heterocycles. The molecule has 6 heteroatoms. The van der Waals surface area contributed by atoms with Gasteiger partial charge < -0.3 is 10.4 Å². The number of nitriles is 1. The molecule has 0 heterocycles. The van der Waals surface area contributed by atoms with E-state index in [1.807, 2.05) is 6.07 Å². The fraction of sp³-hybridized carbons (Fsp3) is 0. The first-order valence-electron chi connectivity index (χ1n) is 5.85. The van der Waals surface area contributed by atoms with Crippen molar-refractivity contribution >= 4 is 29.2 Å². The summed E-state index contributed by atoms with van der Waals surface area (Å²) in [6, 6.07) is 12.1. The molecule has 0 saturated heterocycles. The van der Waals surface area contributed by atoms with E-state index in [9.17, 15) is 9.59 Å². The molecular formula is C15H9ClN2O3. The van der Waals surface area contributed by atoms with Crippen LogP contribution in [-0.2, 0) is 0 Å². The van der Waals surface area contributed by atoms with Crippen molar-refractivity contribution in [3.05, 3.63) is 64.2 Å². The number of hydrogen-bond donors (Lipinski definition) is 2. The van der Waals surface area contributed by atoms with E-state index >= 15 is 0 Å². The molecule has 2 N–H and O–H groups in total. The lowest BCUT2D eigenvalue weighted by Gasteiger charge is -2.09. The van der Waals surface area contributed by atoms with Crippen molar-refractivity contribution in [3.8, 4) is 6.07 Å². The van der Waals surface area contributed by atoms with Crippen molar-refractivity contribution < 1.29 is 14.7 Å². The third kappa shape index (κ3) is 3.38. The molecule has 0 aromatic heterocycles. The zero-order valence-electron chi connectivity index (χ0n) is 10.6. The second kappa shape index (κ2) is 6.07. The summed E-state index contributed by atoms with van der Waals surface area (Å²) >= 11 is 5.80. The van der Waals surface area contributed by atoms with Crippen LogP contribution in [0.3, 0.4) is 0 Å². The van der Waals surface area contributed by atoms with E-state index in [0.717, 1.165) is 0 Å². The van der Waals surface area contributed by atoms with Gasteiger partial charge in [0.25, 0.3) is 5.91 Å². The lowest BCUT2D eigenvalue weighted by molar-refractivity contribution is 0.0698. The molecule has 0 saturated carbocycles. The highest BCUT2D eigenvalue weighted by Crippen LogP contribution is 2.19. The molecule has 0 bridgehead atoms. The van der Waals surface area contributed by atoms with Gasteiger partial charge in [-0.1, -0.05) is 17.7 Å². The largest absolute Gasteiger partial charge is 0.478 e. The minimum atomic E-state index is -1.23.